The fourth-order valence-electron chi connectivity index (χ4n) is 2.60. The van der Waals surface area contributed by atoms with Crippen LogP contribution >= 0.6 is 0 Å². The second-order valence-electron chi connectivity index (χ2n) is 4.23. The minimum absolute atomic E-state index is 0.837. The predicted octanol–water partition coefficient (Wildman–Crippen LogP) is 4.04. The van der Waals surface area contributed by atoms with Crippen molar-refractivity contribution in [3.63, 3.8) is 0 Å². The molecule has 0 saturated carbocycles. The van der Waals surface area contributed by atoms with Gasteiger partial charge >= 0.3 is 0 Å². The van der Waals surface area contributed by atoms with Crippen molar-refractivity contribution < 1.29 is 4.42 Å². The van der Waals surface area contributed by atoms with Crippen molar-refractivity contribution in [1.82, 2.24) is 9.55 Å². The molecule has 0 atom stereocenters. The van der Waals surface area contributed by atoms with Gasteiger partial charge in [0.15, 0.2) is 12.0 Å². The molecule has 0 spiro atoms. The van der Waals surface area contributed by atoms with E-state index in [0.29, 0.717) is 0 Å². The van der Waals surface area contributed by atoms with Crippen molar-refractivity contribution in [3.8, 4) is 0 Å². The SMILES string of the molecule is C=Cn1c2ccccc2c2c3ocnc3ccc21. The Bertz CT molecular complexity index is 899. The molecule has 0 N–H and O–H groups in total. The third-order valence-corrected chi connectivity index (χ3v) is 3.35. The van der Waals surface area contributed by atoms with E-state index < -0.39 is 0 Å². The van der Waals surface area contributed by atoms with Crippen LogP contribution in [0.2, 0.25) is 0 Å². The zero-order chi connectivity index (χ0) is 12.1. The first kappa shape index (κ1) is 9.48. The van der Waals surface area contributed by atoms with Gasteiger partial charge in [0.1, 0.15) is 5.52 Å². The van der Waals surface area contributed by atoms with E-state index in [1.54, 1.807) is 0 Å². The molecule has 2 aromatic heterocycles. The molecule has 0 saturated heterocycles. The molecule has 3 nitrogen and oxygen atoms in total. The van der Waals surface area contributed by atoms with Gasteiger partial charge < -0.3 is 8.98 Å². The van der Waals surface area contributed by atoms with Gasteiger partial charge in [-0.1, -0.05) is 24.8 Å². The van der Waals surface area contributed by atoms with E-state index in [1.807, 2.05) is 24.4 Å². The van der Waals surface area contributed by atoms with Crippen molar-refractivity contribution in [1.29, 1.82) is 0 Å². The number of fused-ring (bicyclic) bond motifs is 5. The second kappa shape index (κ2) is 3.23. The summed E-state index contributed by atoms with van der Waals surface area (Å²) in [5.41, 5.74) is 3.95. The summed E-state index contributed by atoms with van der Waals surface area (Å²) in [6, 6.07) is 12.3. The van der Waals surface area contributed by atoms with Crippen molar-refractivity contribution in [3.05, 3.63) is 49.4 Å². The predicted molar refractivity (Wildman–Crippen MR) is 73.4 cm³/mol. The first-order valence-electron chi connectivity index (χ1n) is 5.77. The van der Waals surface area contributed by atoms with Gasteiger partial charge in [-0.2, -0.15) is 0 Å². The molecule has 0 amide bonds. The summed E-state index contributed by atoms with van der Waals surface area (Å²) >= 11 is 0. The number of rotatable bonds is 1. The van der Waals surface area contributed by atoms with E-state index in [2.05, 4.69) is 34.3 Å². The van der Waals surface area contributed by atoms with Gasteiger partial charge in [-0.3, -0.25) is 0 Å². The molecule has 2 aromatic carbocycles. The van der Waals surface area contributed by atoms with Gasteiger partial charge in [0, 0.05) is 11.6 Å². The summed E-state index contributed by atoms with van der Waals surface area (Å²) in [7, 11) is 0. The molecule has 0 aliphatic carbocycles. The lowest BCUT2D eigenvalue weighted by Gasteiger charge is -1.97. The van der Waals surface area contributed by atoms with Crippen molar-refractivity contribution in [2.24, 2.45) is 0 Å². The number of oxazole rings is 1. The number of aromatic nitrogens is 2. The molecule has 0 bridgehead atoms. The maximum Gasteiger partial charge on any atom is 0.182 e. The highest BCUT2D eigenvalue weighted by Gasteiger charge is 2.13. The van der Waals surface area contributed by atoms with Gasteiger partial charge in [-0.15, -0.1) is 0 Å². The van der Waals surface area contributed by atoms with E-state index in [4.69, 9.17) is 4.42 Å². The zero-order valence-electron chi connectivity index (χ0n) is 9.63. The van der Waals surface area contributed by atoms with Gasteiger partial charge in [0.2, 0.25) is 0 Å². The number of para-hydroxylation sites is 1. The topological polar surface area (TPSA) is 31.0 Å². The smallest absolute Gasteiger partial charge is 0.182 e. The summed E-state index contributed by atoms with van der Waals surface area (Å²) in [6.45, 7) is 3.89. The van der Waals surface area contributed by atoms with Crippen molar-refractivity contribution >= 4 is 39.1 Å². The van der Waals surface area contributed by atoms with Crippen molar-refractivity contribution in [2.75, 3.05) is 0 Å². The van der Waals surface area contributed by atoms with Crippen LogP contribution in [0.5, 0.6) is 0 Å². The van der Waals surface area contributed by atoms with Gasteiger partial charge in [0.05, 0.1) is 16.4 Å². The summed E-state index contributed by atoms with van der Waals surface area (Å²) in [4.78, 5) is 4.21. The average molecular weight is 234 g/mol. The molecule has 86 valence electrons. The minimum atomic E-state index is 0.837. The van der Waals surface area contributed by atoms with Gasteiger partial charge in [-0.05, 0) is 18.2 Å². The molecular formula is C15H10N2O. The fourth-order valence-corrected chi connectivity index (χ4v) is 2.60. The van der Waals surface area contributed by atoms with Crippen LogP contribution in [0.25, 0.3) is 39.1 Å². The van der Waals surface area contributed by atoms with Crippen LogP contribution in [-0.4, -0.2) is 9.55 Å². The van der Waals surface area contributed by atoms with Crippen LogP contribution in [0, 0.1) is 0 Å². The molecule has 4 rings (SSSR count). The van der Waals surface area contributed by atoms with E-state index in [-0.39, 0.29) is 0 Å². The normalized spacial score (nSPS) is 11.6. The molecule has 18 heavy (non-hydrogen) atoms. The van der Waals surface area contributed by atoms with E-state index in [0.717, 1.165) is 32.9 Å². The summed E-state index contributed by atoms with van der Waals surface area (Å²) in [5.74, 6) is 0. The lowest BCUT2D eigenvalue weighted by atomic mass is 10.1. The molecular weight excluding hydrogens is 224 g/mol. The molecule has 0 fully saturated rings. The Morgan fingerprint density at radius 3 is 2.89 bits per heavy atom. The zero-order valence-corrected chi connectivity index (χ0v) is 9.63. The van der Waals surface area contributed by atoms with E-state index >= 15 is 0 Å². The van der Waals surface area contributed by atoms with E-state index in [1.165, 1.54) is 6.39 Å². The summed E-state index contributed by atoms with van der Waals surface area (Å²) in [6.07, 6.45) is 3.32. The van der Waals surface area contributed by atoms with Crippen molar-refractivity contribution in [2.45, 2.75) is 0 Å². The van der Waals surface area contributed by atoms with Crippen LogP contribution in [0.3, 0.4) is 0 Å². The Hall–Kier alpha value is -2.55. The van der Waals surface area contributed by atoms with Crippen LogP contribution in [-0.2, 0) is 0 Å². The Balaban J connectivity index is 2.43. The highest BCUT2D eigenvalue weighted by Crippen LogP contribution is 2.34. The summed E-state index contributed by atoms with van der Waals surface area (Å²) in [5, 5.41) is 2.26. The second-order valence-corrected chi connectivity index (χ2v) is 4.23. The largest absolute Gasteiger partial charge is 0.443 e. The molecule has 2 heterocycles. The number of hydrogen-bond acceptors (Lipinski definition) is 2. The standard InChI is InChI=1S/C15H10N2O/c1-2-17-12-6-4-3-5-10(12)14-13(17)8-7-11-15(14)18-9-16-11/h2-9H,1H2. The van der Waals surface area contributed by atoms with Crippen LogP contribution in [0.4, 0.5) is 0 Å². The quantitative estimate of drug-likeness (QED) is 0.497. The third-order valence-electron chi connectivity index (χ3n) is 3.35. The van der Waals surface area contributed by atoms with Crippen LogP contribution in [0.15, 0.2) is 53.8 Å². The molecule has 4 aromatic rings. The number of benzene rings is 2. The molecule has 0 unspecified atom stereocenters. The number of hydrogen-bond donors (Lipinski definition) is 0. The van der Waals surface area contributed by atoms with Gasteiger partial charge in [-0.25, -0.2) is 4.98 Å². The highest BCUT2D eigenvalue weighted by molar-refractivity contribution is 6.18. The maximum atomic E-state index is 5.54. The third kappa shape index (κ3) is 1.01. The monoisotopic (exact) mass is 234 g/mol. The molecule has 0 aliphatic rings. The number of nitrogens with zero attached hydrogens (tertiary/aromatic N) is 2. The van der Waals surface area contributed by atoms with Gasteiger partial charge in [0.25, 0.3) is 0 Å². The summed E-state index contributed by atoms with van der Waals surface area (Å²) < 4.78 is 7.61. The Kier molecular flexibility index (Phi) is 1.70. The highest BCUT2D eigenvalue weighted by atomic mass is 16.3. The lowest BCUT2D eigenvalue weighted by Crippen LogP contribution is -1.83. The fraction of sp³-hybridized carbons (Fsp3) is 0. The maximum absolute atomic E-state index is 5.54. The average Bonchev–Trinajstić information content (AvgIpc) is 2.99. The van der Waals surface area contributed by atoms with Crippen LogP contribution < -0.4 is 0 Å². The Morgan fingerprint density at radius 1 is 1.11 bits per heavy atom. The Labute approximate surface area is 103 Å². The van der Waals surface area contributed by atoms with E-state index in [9.17, 15) is 0 Å². The molecule has 0 radical (unpaired) electrons. The molecule has 3 heteroatoms. The first-order valence-corrected chi connectivity index (χ1v) is 5.77. The lowest BCUT2D eigenvalue weighted by molar-refractivity contribution is 0.605. The first-order chi connectivity index (χ1) is 8.90. The molecule has 0 aliphatic heterocycles. The Morgan fingerprint density at radius 2 is 2.00 bits per heavy atom. The van der Waals surface area contributed by atoms with Crippen LogP contribution in [0.1, 0.15) is 0 Å². The minimum Gasteiger partial charge on any atom is -0.443 e.